The number of nitrogens with zero attached hydrogens (tertiary/aromatic N) is 3. The Morgan fingerprint density at radius 3 is 2.67 bits per heavy atom. The van der Waals surface area contributed by atoms with Gasteiger partial charge in [-0.05, 0) is 44.2 Å². The van der Waals surface area contributed by atoms with E-state index in [1.165, 1.54) is 12.1 Å². The van der Waals surface area contributed by atoms with Crippen LogP contribution in [0.5, 0.6) is 0 Å². The molecule has 0 amide bonds. The number of imidazole rings is 1. The standard InChI is InChI=1S/C17H14FN3/c1-11(2)21-16-7-6-12(10-19)8-15(16)20-17(21)13-4-3-5-14(18)9-13/h3-9,11H,1-2H3. The summed E-state index contributed by atoms with van der Waals surface area (Å²) in [5.74, 6) is 0.433. The largest absolute Gasteiger partial charge is 0.321 e. The van der Waals surface area contributed by atoms with Gasteiger partial charge in [-0.2, -0.15) is 5.26 Å². The molecule has 0 radical (unpaired) electrons. The second kappa shape index (κ2) is 5.02. The number of hydrogen-bond donors (Lipinski definition) is 0. The van der Waals surface area contributed by atoms with Gasteiger partial charge < -0.3 is 4.57 Å². The molecule has 0 fully saturated rings. The first-order chi connectivity index (χ1) is 10.1. The molecule has 3 rings (SSSR count). The first-order valence-electron chi connectivity index (χ1n) is 6.78. The fourth-order valence-corrected chi connectivity index (χ4v) is 2.52. The maximum absolute atomic E-state index is 13.5. The predicted molar refractivity (Wildman–Crippen MR) is 80.2 cm³/mol. The van der Waals surface area contributed by atoms with Gasteiger partial charge in [-0.3, -0.25) is 0 Å². The Morgan fingerprint density at radius 2 is 2.00 bits per heavy atom. The lowest BCUT2D eigenvalue weighted by Crippen LogP contribution is -2.03. The quantitative estimate of drug-likeness (QED) is 0.702. The molecule has 0 spiro atoms. The van der Waals surface area contributed by atoms with E-state index in [0.717, 1.165) is 22.4 Å². The van der Waals surface area contributed by atoms with Crippen molar-refractivity contribution in [3.8, 4) is 17.5 Å². The van der Waals surface area contributed by atoms with E-state index in [-0.39, 0.29) is 11.9 Å². The third kappa shape index (κ3) is 2.27. The third-order valence-corrected chi connectivity index (χ3v) is 3.42. The average molecular weight is 279 g/mol. The van der Waals surface area contributed by atoms with Crippen molar-refractivity contribution < 1.29 is 4.39 Å². The molecule has 2 aromatic carbocycles. The third-order valence-electron chi connectivity index (χ3n) is 3.42. The van der Waals surface area contributed by atoms with Crippen molar-refractivity contribution in [2.45, 2.75) is 19.9 Å². The van der Waals surface area contributed by atoms with Crippen molar-refractivity contribution in [1.29, 1.82) is 5.26 Å². The Bertz CT molecular complexity index is 856. The molecular weight excluding hydrogens is 265 g/mol. The molecule has 0 saturated heterocycles. The second-order valence-electron chi connectivity index (χ2n) is 5.22. The van der Waals surface area contributed by atoms with Crippen molar-refractivity contribution in [3.05, 3.63) is 53.8 Å². The summed E-state index contributed by atoms with van der Waals surface area (Å²) in [6, 6.07) is 14.1. The topological polar surface area (TPSA) is 41.6 Å². The average Bonchev–Trinajstić information content (AvgIpc) is 2.85. The number of nitriles is 1. The van der Waals surface area contributed by atoms with Gasteiger partial charge in [0, 0.05) is 11.6 Å². The van der Waals surface area contributed by atoms with E-state index < -0.39 is 0 Å². The van der Waals surface area contributed by atoms with Crippen molar-refractivity contribution in [1.82, 2.24) is 9.55 Å². The molecule has 4 heteroatoms. The van der Waals surface area contributed by atoms with Crippen LogP contribution in [0.3, 0.4) is 0 Å². The van der Waals surface area contributed by atoms with Crippen LogP contribution in [0.15, 0.2) is 42.5 Å². The maximum atomic E-state index is 13.5. The Labute approximate surface area is 122 Å². The maximum Gasteiger partial charge on any atom is 0.141 e. The zero-order valence-corrected chi connectivity index (χ0v) is 11.8. The summed E-state index contributed by atoms with van der Waals surface area (Å²) in [4.78, 5) is 4.60. The summed E-state index contributed by atoms with van der Waals surface area (Å²) in [5.41, 5.74) is 3.00. The molecule has 0 aliphatic rings. The van der Waals surface area contributed by atoms with E-state index in [1.54, 1.807) is 18.2 Å². The molecule has 3 aromatic rings. The van der Waals surface area contributed by atoms with Crippen LogP contribution in [0, 0.1) is 17.1 Å². The molecule has 0 aliphatic carbocycles. The van der Waals surface area contributed by atoms with Crippen LogP contribution < -0.4 is 0 Å². The summed E-state index contributed by atoms with van der Waals surface area (Å²) in [7, 11) is 0. The van der Waals surface area contributed by atoms with E-state index in [1.807, 2.05) is 12.1 Å². The van der Waals surface area contributed by atoms with Gasteiger partial charge in [0.15, 0.2) is 0 Å². The van der Waals surface area contributed by atoms with Crippen molar-refractivity contribution in [2.75, 3.05) is 0 Å². The monoisotopic (exact) mass is 279 g/mol. The van der Waals surface area contributed by atoms with Gasteiger partial charge in [0.25, 0.3) is 0 Å². The van der Waals surface area contributed by atoms with Crippen LogP contribution in [-0.4, -0.2) is 9.55 Å². The van der Waals surface area contributed by atoms with Crippen LogP contribution in [0.1, 0.15) is 25.5 Å². The first kappa shape index (κ1) is 13.3. The molecule has 1 aromatic heterocycles. The molecule has 3 nitrogen and oxygen atoms in total. The van der Waals surface area contributed by atoms with Gasteiger partial charge in [-0.1, -0.05) is 12.1 Å². The van der Waals surface area contributed by atoms with Crippen molar-refractivity contribution in [2.24, 2.45) is 0 Å². The number of benzene rings is 2. The van der Waals surface area contributed by atoms with Crippen molar-refractivity contribution in [3.63, 3.8) is 0 Å². The minimum absolute atomic E-state index is 0.182. The fourth-order valence-electron chi connectivity index (χ4n) is 2.52. The number of hydrogen-bond acceptors (Lipinski definition) is 2. The highest BCUT2D eigenvalue weighted by Crippen LogP contribution is 2.29. The summed E-state index contributed by atoms with van der Waals surface area (Å²) in [6.07, 6.45) is 0. The van der Waals surface area contributed by atoms with Crippen molar-refractivity contribution >= 4 is 11.0 Å². The van der Waals surface area contributed by atoms with Gasteiger partial charge in [-0.25, -0.2) is 9.37 Å². The van der Waals surface area contributed by atoms with Crippen LogP contribution in [0.2, 0.25) is 0 Å². The lowest BCUT2D eigenvalue weighted by molar-refractivity contribution is 0.618. The van der Waals surface area contributed by atoms with E-state index in [0.29, 0.717) is 5.56 Å². The summed E-state index contributed by atoms with van der Waals surface area (Å²) in [6.45, 7) is 4.12. The van der Waals surface area contributed by atoms with E-state index >= 15 is 0 Å². The molecule has 21 heavy (non-hydrogen) atoms. The van der Waals surface area contributed by atoms with Gasteiger partial charge in [-0.15, -0.1) is 0 Å². The zero-order valence-electron chi connectivity index (χ0n) is 11.8. The number of halogens is 1. The zero-order chi connectivity index (χ0) is 15.0. The molecule has 0 atom stereocenters. The smallest absolute Gasteiger partial charge is 0.141 e. The van der Waals surface area contributed by atoms with Gasteiger partial charge >= 0.3 is 0 Å². The first-order valence-corrected chi connectivity index (χ1v) is 6.78. The number of rotatable bonds is 2. The van der Waals surface area contributed by atoms with E-state index in [9.17, 15) is 4.39 Å². The van der Waals surface area contributed by atoms with Crippen LogP contribution in [0.4, 0.5) is 4.39 Å². The Hall–Kier alpha value is -2.67. The summed E-state index contributed by atoms with van der Waals surface area (Å²) < 4.78 is 15.5. The van der Waals surface area contributed by atoms with E-state index in [2.05, 4.69) is 29.5 Å². The second-order valence-corrected chi connectivity index (χ2v) is 5.22. The molecule has 1 heterocycles. The molecule has 0 N–H and O–H groups in total. The predicted octanol–water partition coefficient (Wildman–Crippen LogP) is 4.29. The Kier molecular flexibility index (Phi) is 3.19. The summed E-state index contributed by atoms with van der Waals surface area (Å²) >= 11 is 0. The van der Waals surface area contributed by atoms with Gasteiger partial charge in [0.2, 0.25) is 0 Å². The highest BCUT2D eigenvalue weighted by atomic mass is 19.1. The van der Waals surface area contributed by atoms with Crippen LogP contribution in [0.25, 0.3) is 22.4 Å². The number of fused-ring (bicyclic) bond motifs is 1. The SMILES string of the molecule is CC(C)n1c(-c2cccc(F)c2)nc2cc(C#N)ccc21. The van der Waals surface area contributed by atoms with Gasteiger partial charge in [0.1, 0.15) is 11.6 Å². The lowest BCUT2D eigenvalue weighted by Gasteiger charge is -2.13. The Morgan fingerprint density at radius 1 is 1.19 bits per heavy atom. The minimum atomic E-state index is -0.285. The highest BCUT2D eigenvalue weighted by molar-refractivity contribution is 5.82. The number of aromatic nitrogens is 2. The normalized spacial score (nSPS) is 11.0. The lowest BCUT2D eigenvalue weighted by atomic mass is 10.2. The molecule has 0 saturated carbocycles. The van der Waals surface area contributed by atoms with Crippen LogP contribution >= 0.6 is 0 Å². The fraction of sp³-hybridized carbons (Fsp3) is 0.176. The molecule has 0 bridgehead atoms. The highest BCUT2D eigenvalue weighted by Gasteiger charge is 2.15. The molecule has 0 unspecified atom stereocenters. The molecule has 0 aliphatic heterocycles. The molecular formula is C17H14FN3. The Balaban J connectivity index is 2.31. The summed E-state index contributed by atoms with van der Waals surface area (Å²) in [5, 5.41) is 9.00. The van der Waals surface area contributed by atoms with Gasteiger partial charge in [0.05, 0.1) is 22.7 Å². The molecule has 104 valence electrons. The van der Waals surface area contributed by atoms with E-state index in [4.69, 9.17) is 5.26 Å². The minimum Gasteiger partial charge on any atom is -0.321 e. The van der Waals surface area contributed by atoms with Crippen LogP contribution in [-0.2, 0) is 0 Å².